The number of hydrogen-bond donors (Lipinski definition) is 1. The Labute approximate surface area is 108 Å². The van der Waals surface area contributed by atoms with Crippen LogP contribution in [0, 0.1) is 11.8 Å². The van der Waals surface area contributed by atoms with E-state index in [0.717, 1.165) is 12.8 Å². The summed E-state index contributed by atoms with van der Waals surface area (Å²) in [5.74, 6) is -1.44. The first-order valence-corrected chi connectivity index (χ1v) is 6.38. The summed E-state index contributed by atoms with van der Waals surface area (Å²) in [6.45, 7) is 3.67. The number of hydrogen-bond acceptors (Lipinski definition) is 2. The molecule has 1 aromatic rings. The van der Waals surface area contributed by atoms with Gasteiger partial charge in [-0.3, -0.25) is 9.59 Å². The van der Waals surface area contributed by atoms with E-state index in [1.165, 1.54) is 0 Å². The van der Waals surface area contributed by atoms with Crippen LogP contribution in [-0.2, 0) is 4.79 Å². The maximum absolute atomic E-state index is 12.3. The number of carbonyl (C=O) groups is 2. The van der Waals surface area contributed by atoms with Crippen LogP contribution in [0.5, 0.6) is 0 Å². The number of carbonyl (C=O) groups excluding carboxylic acids is 1. The van der Waals surface area contributed by atoms with E-state index >= 15 is 0 Å². The van der Waals surface area contributed by atoms with Crippen molar-refractivity contribution in [1.29, 1.82) is 0 Å². The lowest BCUT2D eigenvalue weighted by atomic mass is 9.86. The van der Waals surface area contributed by atoms with Crippen LogP contribution in [-0.4, -0.2) is 16.9 Å². The van der Waals surface area contributed by atoms with E-state index < -0.39 is 11.9 Å². The molecular formula is C15H20O3. The van der Waals surface area contributed by atoms with Gasteiger partial charge in [-0.1, -0.05) is 50.6 Å². The normalized spacial score (nSPS) is 13.9. The Hall–Kier alpha value is -1.64. The number of aliphatic carboxylic acids is 1. The summed E-state index contributed by atoms with van der Waals surface area (Å²) in [5, 5.41) is 8.94. The Bertz CT molecular complexity index is 397. The van der Waals surface area contributed by atoms with Gasteiger partial charge in [-0.2, -0.15) is 0 Å². The molecule has 0 saturated heterocycles. The molecule has 3 nitrogen and oxygen atoms in total. The molecule has 0 aliphatic carbocycles. The lowest BCUT2D eigenvalue weighted by molar-refractivity contribution is -0.141. The highest BCUT2D eigenvalue weighted by atomic mass is 16.4. The van der Waals surface area contributed by atoms with Crippen LogP contribution in [0.4, 0.5) is 0 Å². The van der Waals surface area contributed by atoms with Crippen molar-refractivity contribution in [2.75, 3.05) is 0 Å². The summed E-state index contributed by atoms with van der Waals surface area (Å²) >= 11 is 0. The van der Waals surface area contributed by atoms with Crippen LogP contribution in [0.1, 0.15) is 43.5 Å². The molecule has 0 bridgehead atoms. The average molecular weight is 248 g/mol. The summed E-state index contributed by atoms with van der Waals surface area (Å²) in [7, 11) is 0. The highest BCUT2D eigenvalue weighted by Crippen LogP contribution is 2.22. The lowest BCUT2D eigenvalue weighted by Crippen LogP contribution is -2.21. The topological polar surface area (TPSA) is 54.4 Å². The highest BCUT2D eigenvalue weighted by molar-refractivity contribution is 5.98. The molecule has 0 amide bonds. The second-order valence-electron chi connectivity index (χ2n) is 4.69. The molecule has 0 aromatic heterocycles. The predicted octanol–water partition coefficient (Wildman–Crippen LogP) is 3.40. The number of carboxylic acids is 1. The SMILES string of the molecule is CCCC(CC(C)C(=O)O)C(=O)c1ccccc1. The standard InChI is InChI=1S/C15H20O3/c1-3-7-13(10-11(2)15(17)18)14(16)12-8-5-4-6-9-12/h4-6,8-9,11,13H,3,7,10H2,1-2H3,(H,17,18). The van der Waals surface area contributed by atoms with E-state index in [0.29, 0.717) is 12.0 Å². The van der Waals surface area contributed by atoms with Gasteiger partial charge in [0.2, 0.25) is 0 Å². The number of carboxylic acid groups (broad SMARTS) is 1. The van der Waals surface area contributed by atoms with Crippen LogP contribution in [0.15, 0.2) is 30.3 Å². The maximum atomic E-state index is 12.3. The van der Waals surface area contributed by atoms with Gasteiger partial charge in [-0.15, -0.1) is 0 Å². The molecule has 3 heteroatoms. The Morgan fingerprint density at radius 3 is 2.33 bits per heavy atom. The van der Waals surface area contributed by atoms with Crippen LogP contribution >= 0.6 is 0 Å². The largest absolute Gasteiger partial charge is 0.481 e. The molecule has 0 aliphatic heterocycles. The third kappa shape index (κ3) is 3.99. The van der Waals surface area contributed by atoms with E-state index in [1.54, 1.807) is 19.1 Å². The zero-order valence-corrected chi connectivity index (χ0v) is 10.9. The van der Waals surface area contributed by atoms with Gasteiger partial charge < -0.3 is 5.11 Å². The van der Waals surface area contributed by atoms with Gasteiger partial charge >= 0.3 is 5.97 Å². The molecule has 0 fully saturated rings. The van der Waals surface area contributed by atoms with E-state index in [4.69, 9.17) is 5.11 Å². The second-order valence-corrected chi connectivity index (χ2v) is 4.69. The summed E-state index contributed by atoms with van der Waals surface area (Å²) in [4.78, 5) is 23.2. The number of Topliss-reactive ketones (excluding diaryl/α,β-unsaturated/α-hetero) is 1. The molecule has 2 atom stereocenters. The predicted molar refractivity (Wildman–Crippen MR) is 70.6 cm³/mol. The van der Waals surface area contributed by atoms with E-state index in [2.05, 4.69) is 0 Å². The molecule has 0 saturated carbocycles. The number of rotatable bonds is 7. The Morgan fingerprint density at radius 1 is 1.22 bits per heavy atom. The third-order valence-corrected chi connectivity index (χ3v) is 3.13. The summed E-state index contributed by atoms with van der Waals surface area (Å²) in [6.07, 6.45) is 2.04. The summed E-state index contributed by atoms with van der Waals surface area (Å²) < 4.78 is 0. The van der Waals surface area contributed by atoms with Crippen molar-refractivity contribution < 1.29 is 14.7 Å². The van der Waals surface area contributed by atoms with Gasteiger partial charge in [0, 0.05) is 11.5 Å². The molecular weight excluding hydrogens is 228 g/mol. The average Bonchev–Trinajstić information content (AvgIpc) is 2.38. The van der Waals surface area contributed by atoms with Gasteiger partial charge in [-0.05, 0) is 12.8 Å². The van der Waals surface area contributed by atoms with Crippen molar-refractivity contribution in [2.24, 2.45) is 11.8 Å². The first kappa shape index (κ1) is 14.4. The molecule has 18 heavy (non-hydrogen) atoms. The van der Waals surface area contributed by atoms with Crippen LogP contribution in [0.25, 0.3) is 0 Å². The molecule has 0 spiro atoms. The van der Waals surface area contributed by atoms with Gasteiger partial charge in [0.25, 0.3) is 0 Å². The van der Waals surface area contributed by atoms with Crippen molar-refractivity contribution in [1.82, 2.24) is 0 Å². The van der Waals surface area contributed by atoms with Gasteiger partial charge in [0.1, 0.15) is 0 Å². The van der Waals surface area contributed by atoms with Crippen molar-refractivity contribution in [3.63, 3.8) is 0 Å². The van der Waals surface area contributed by atoms with Crippen LogP contribution in [0.3, 0.4) is 0 Å². The van der Waals surface area contributed by atoms with Crippen LogP contribution in [0.2, 0.25) is 0 Å². The zero-order valence-electron chi connectivity index (χ0n) is 10.9. The smallest absolute Gasteiger partial charge is 0.306 e. The Morgan fingerprint density at radius 2 is 1.83 bits per heavy atom. The van der Waals surface area contributed by atoms with Crippen molar-refractivity contribution in [3.05, 3.63) is 35.9 Å². The molecule has 0 aliphatic rings. The molecule has 2 unspecified atom stereocenters. The Balaban J connectivity index is 2.78. The minimum Gasteiger partial charge on any atom is -0.481 e. The third-order valence-electron chi connectivity index (χ3n) is 3.13. The monoisotopic (exact) mass is 248 g/mol. The quantitative estimate of drug-likeness (QED) is 0.752. The second kappa shape index (κ2) is 6.94. The molecule has 1 N–H and O–H groups in total. The summed E-state index contributed by atoms with van der Waals surface area (Å²) in [5.41, 5.74) is 0.675. The molecule has 0 radical (unpaired) electrons. The van der Waals surface area contributed by atoms with Crippen LogP contribution < -0.4 is 0 Å². The summed E-state index contributed by atoms with van der Waals surface area (Å²) in [6, 6.07) is 9.10. The van der Waals surface area contributed by atoms with Gasteiger partial charge in [-0.25, -0.2) is 0 Å². The molecule has 1 rings (SSSR count). The van der Waals surface area contributed by atoms with Gasteiger partial charge in [0.15, 0.2) is 5.78 Å². The maximum Gasteiger partial charge on any atom is 0.306 e. The lowest BCUT2D eigenvalue weighted by Gasteiger charge is -2.17. The fraction of sp³-hybridized carbons (Fsp3) is 0.467. The molecule has 0 heterocycles. The number of benzene rings is 1. The molecule has 1 aromatic carbocycles. The highest BCUT2D eigenvalue weighted by Gasteiger charge is 2.24. The van der Waals surface area contributed by atoms with E-state index in [1.807, 2.05) is 25.1 Å². The minimum atomic E-state index is -0.836. The zero-order chi connectivity index (χ0) is 13.5. The fourth-order valence-corrected chi connectivity index (χ4v) is 2.07. The minimum absolute atomic E-state index is 0.0607. The van der Waals surface area contributed by atoms with Crippen molar-refractivity contribution >= 4 is 11.8 Å². The van der Waals surface area contributed by atoms with Gasteiger partial charge in [0.05, 0.1) is 5.92 Å². The fourth-order valence-electron chi connectivity index (χ4n) is 2.07. The van der Waals surface area contributed by atoms with Crippen molar-refractivity contribution in [3.8, 4) is 0 Å². The van der Waals surface area contributed by atoms with E-state index in [9.17, 15) is 9.59 Å². The van der Waals surface area contributed by atoms with E-state index in [-0.39, 0.29) is 11.7 Å². The van der Waals surface area contributed by atoms with Crippen molar-refractivity contribution in [2.45, 2.75) is 33.1 Å². The Kier molecular flexibility index (Phi) is 5.56. The number of ketones is 1. The first-order chi connectivity index (χ1) is 8.56. The molecule has 98 valence electrons. The first-order valence-electron chi connectivity index (χ1n) is 6.38.